The number of halogens is 1. The lowest BCUT2D eigenvalue weighted by molar-refractivity contribution is -0.152. The van der Waals surface area contributed by atoms with E-state index in [-0.39, 0.29) is 4.90 Å². The van der Waals surface area contributed by atoms with Gasteiger partial charge in [0, 0.05) is 21.6 Å². The number of benzene rings is 2. The maximum Gasteiger partial charge on any atom is 0.327 e. The van der Waals surface area contributed by atoms with Gasteiger partial charge in [-0.05, 0) is 75.7 Å². The number of sulfonamides is 1. The molecule has 0 aliphatic rings. The van der Waals surface area contributed by atoms with Gasteiger partial charge in [-0.3, -0.25) is 9.10 Å². The molecule has 0 bridgehead atoms. The normalized spacial score (nSPS) is 12.2. The maximum atomic E-state index is 13.5. The molecule has 154 valence electrons. The van der Waals surface area contributed by atoms with Gasteiger partial charge in [0.25, 0.3) is 10.0 Å². The Balaban J connectivity index is 2.09. The summed E-state index contributed by atoms with van der Waals surface area (Å²) in [6, 6.07) is 12.0. The first kappa shape index (κ1) is 21.4. The van der Waals surface area contributed by atoms with Crippen molar-refractivity contribution in [2.24, 2.45) is 0 Å². The topological polar surface area (TPSA) is 79.5 Å². The standard InChI is InChI=1S/C21H23BrN2O4S/c1-14-9-16(22)12-18(10-14)29(26,27)24(13-20(25)28-21(2,3)4)17-5-6-19-15(11-17)7-8-23-19/h5-12,23H,13H2,1-4H3. The zero-order chi connectivity index (χ0) is 21.4. The highest BCUT2D eigenvalue weighted by Gasteiger charge is 2.30. The molecule has 0 radical (unpaired) electrons. The van der Waals surface area contributed by atoms with Gasteiger partial charge in [0.1, 0.15) is 12.1 Å². The van der Waals surface area contributed by atoms with E-state index in [1.807, 2.05) is 19.1 Å². The first-order chi connectivity index (χ1) is 13.5. The molecule has 6 nitrogen and oxygen atoms in total. The highest BCUT2D eigenvalue weighted by atomic mass is 79.9. The minimum atomic E-state index is -4.01. The molecular formula is C21H23BrN2O4S. The SMILES string of the molecule is Cc1cc(Br)cc(S(=O)(=O)N(CC(=O)OC(C)(C)C)c2ccc3[nH]ccc3c2)c1. The van der Waals surface area contributed by atoms with Crippen molar-refractivity contribution >= 4 is 48.5 Å². The van der Waals surface area contributed by atoms with E-state index in [9.17, 15) is 13.2 Å². The molecule has 0 saturated heterocycles. The molecule has 1 aromatic heterocycles. The van der Waals surface area contributed by atoms with E-state index >= 15 is 0 Å². The summed E-state index contributed by atoms with van der Waals surface area (Å²) in [7, 11) is -4.01. The number of aryl methyl sites for hydroxylation is 1. The van der Waals surface area contributed by atoms with E-state index in [1.54, 1.807) is 51.2 Å². The molecule has 3 aromatic rings. The molecule has 0 aliphatic heterocycles. The van der Waals surface area contributed by atoms with Gasteiger partial charge in [0.15, 0.2) is 0 Å². The summed E-state index contributed by atoms with van der Waals surface area (Å²) in [6.07, 6.45) is 1.78. The molecule has 0 fully saturated rings. The number of rotatable bonds is 5. The molecule has 0 atom stereocenters. The molecule has 0 unspecified atom stereocenters. The van der Waals surface area contributed by atoms with Crippen molar-refractivity contribution in [1.82, 2.24) is 4.98 Å². The van der Waals surface area contributed by atoms with Crippen LogP contribution in [0.1, 0.15) is 26.3 Å². The van der Waals surface area contributed by atoms with Crippen molar-refractivity contribution in [1.29, 1.82) is 0 Å². The molecule has 1 N–H and O–H groups in total. The predicted octanol–water partition coefficient (Wildman–Crippen LogP) is 4.78. The maximum absolute atomic E-state index is 13.5. The van der Waals surface area contributed by atoms with Crippen LogP contribution in [0.4, 0.5) is 5.69 Å². The van der Waals surface area contributed by atoms with Crippen LogP contribution >= 0.6 is 15.9 Å². The van der Waals surface area contributed by atoms with Gasteiger partial charge in [-0.25, -0.2) is 8.42 Å². The first-order valence-electron chi connectivity index (χ1n) is 9.05. The number of nitrogens with zero attached hydrogens (tertiary/aromatic N) is 1. The Labute approximate surface area is 179 Å². The van der Waals surface area contributed by atoms with Gasteiger partial charge in [-0.1, -0.05) is 15.9 Å². The van der Waals surface area contributed by atoms with Crippen LogP contribution in [0.2, 0.25) is 0 Å². The Morgan fingerprint density at radius 3 is 2.52 bits per heavy atom. The Morgan fingerprint density at radius 2 is 1.86 bits per heavy atom. The van der Waals surface area contributed by atoms with Crippen molar-refractivity contribution in [3.05, 3.63) is 58.7 Å². The Morgan fingerprint density at radius 1 is 1.14 bits per heavy atom. The molecule has 0 aliphatic carbocycles. The fraction of sp³-hybridized carbons (Fsp3) is 0.286. The van der Waals surface area contributed by atoms with Crippen LogP contribution in [0, 0.1) is 6.92 Å². The lowest BCUT2D eigenvalue weighted by Gasteiger charge is -2.26. The fourth-order valence-electron chi connectivity index (χ4n) is 2.98. The summed E-state index contributed by atoms with van der Waals surface area (Å²) in [5, 5.41) is 0.845. The fourth-order valence-corrected chi connectivity index (χ4v) is 5.27. The second-order valence-corrected chi connectivity index (χ2v) is 10.6. The smallest absolute Gasteiger partial charge is 0.327 e. The summed E-state index contributed by atoms with van der Waals surface area (Å²) in [6.45, 7) is 6.61. The van der Waals surface area contributed by atoms with E-state index in [2.05, 4.69) is 20.9 Å². The number of anilines is 1. The number of carbonyl (C=O) groups is 1. The number of nitrogens with one attached hydrogen (secondary N) is 1. The Bertz CT molecular complexity index is 1140. The van der Waals surface area contributed by atoms with Crippen LogP contribution in [0.15, 0.2) is 58.0 Å². The summed E-state index contributed by atoms with van der Waals surface area (Å²) < 4.78 is 34.1. The summed E-state index contributed by atoms with van der Waals surface area (Å²) in [5.74, 6) is -0.623. The van der Waals surface area contributed by atoms with Crippen LogP contribution in [0.3, 0.4) is 0 Å². The molecular weight excluding hydrogens is 456 g/mol. The molecule has 3 rings (SSSR count). The third-order valence-electron chi connectivity index (χ3n) is 4.12. The van der Waals surface area contributed by atoms with Crippen molar-refractivity contribution in [3.8, 4) is 0 Å². The van der Waals surface area contributed by atoms with Gasteiger partial charge in [0.2, 0.25) is 0 Å². The zero-order valence-corrected chi connectivity index (χ0v) is 19.1. The number of fused-ring (bicyclic) bond motifs is 1. The van der Waals surface area contributed by atoms with Gasteiger partial charge >= 0.3 is 5.97 Å². The molecule has 0 saturated carbocycles. The quantitative estimate of drug-likeness (QED) is 0.535. The minimum Gasteiger partial charge on any atom is -0.459 e. The highest BCUT2D eigenvalue weighted by Crippen LogP contribution is 2.29. The molecule has 1 heterocycles. The van der Waals surface area contributed by atoms with Crippen molar-refractivity contribution in [2.45, 2.75) is 38.2 Å². The van der Waals surface area contributed by atoms with E-state index in [4.69, 9.17) is 4.74 Å². The van der Waals surface area contributed by atoms with E-state index in [0.29, 0.717) is 10.2 Å². The summed E-state index contributed by atoms with van der Waals surface area (Å²) in [5.41, 5.74) is 1.34. The zero-order valence-electron chi connectivity index (χ0n) is 16.7. The van der Waals surface area contributed by atoms with E-state index in [1.165, 1.54) is 6.07 Å². The van der Waals surface area contributed by atoms with Crippen LogP contribution in [0.5, 0.6) is 0 Å². The number of H-pyrrole nitrogens is 1. The molecule has 0 amide bonds. The second kappa shape index (κ2) is 7.84. The first-order valence-corrected chi connectivity index (χ1v) is 11.3. The van der Waals surface area contributed by atoms with Gasteiger partial charge in [-0.2, -0.15) is 0 Å². The number of ether oxygens (including phenoxy) is 1. The van der Waals surface area contributed by atoms with Gasteiger partial charge in [0.05, 0.1) is 10.6 Å². The van der Waals surface area contributed by atoms with Crippen LogP contribution in [-0.2, 0) is 19.6 Å². The van der Waals surface area contributed by atoms with Crippen molar-refractivity contribution < 1.29 is 17.9 Å². The van der Waals surface area contributed by atoms with E-state index in [0.717, 1.165) is 20.8 Å². The van der Waals surface area contributed by atoms with Crippen molar-refractivity contribution in [2.75, 3.05) is 10.8 Å². The number of hydrogen-bond donors (Lipinski definition) is 1. The van der Waals surface area contributed by atoms with Crippen LogP contribution < -0.4 is 4.31 Å². The lowest BCUT2D eigenvalue weighted by Crippen LogP contribution is -2.39. The number of esters is 1. The number of carbonyl (C=O) groups excluding carboxylic acids is 1. The molecule has 0 spiro atoms. The largest absolute Gasteiger partial charge is 0.459 e. The van der Waals surface area contributed by atoms with Crippen molar-refractivity contribution in [3.63, 3.8) is 0 Å². The highest BCUT2D eigenvalue weighted by molar-refractivity contribution is 9.10. The minimum absolute atomic E-state index is 0.0992. The third kappa shape index (κ3) is 5.00. The second-order valence-electron chi connectivity index (χ2n) is 7.81. The number of hydrogen-bond acceptors (Lipinski definition) is 4. The molecule has 8 heteroatoms. The lowest BCUT2D eigenvalue weighted by atomic mass is 10.2. The molecule has 2 aromatic carbocycles. The average Bonchev–Trinajstić information content (AvgIpc) is 3.04. The predicted molar refractivity (Wildman–Crippen MR) is 118 cm³/mol. The Kier molecular flexibility index (Phi) is 5.78. The summed E-state index contributed by atoms with van der Waals surface area (Å²) in [4.78, 5) is 15.7. The van der Waals surface area contributed by atoms with Gasteiger partial charge < -0.3 is 9.72 Å². The van der Waals surface area contributed by atoms with E-state index < -0.39 is 28.1 Å². The monoisotopic (exact) mass is 478 g/mol. The average molecular weight is 479 g/mol. The van der Waals surface area contributed by atoms with Crippen LogP contribution in [-0.4, -0.2) is 31.5 Å². The number of aromatic nitrogens is 1. The number of aromatic amines is 1. The van der Waals surface area contributed by atoms with Gasteiger partial charge in [-0.15, -0.1) is 0 Å². The summed E-state index contributed by atoms with van der Waals surface area (Å²) >= 11 is 3.35. The van der Waals surface area contributed by atoms with Crippen LogP contribution in [0.25, 0.3) is 10.9 Å². The Hall–Kier alpha value is -2.32. The molecule has 29 heavy (non-hydrogen) atoms. The third-order valence-corrected chi connectivity index (χ3v) is 6.33.